The Hall–Kier alpha value is -2.67. The van der Waals surface area contributed by atoms with Crippen molar-refractivity contribution in [1.29, 1.82) is 0 Å². The van der Waals surface area contributed by atoms with E-state index in [1.165, 1.54) is 5.56 Å². The number of nitrogens with zero attached hydrogens (tertiary/aromatic N) is 3. The molecule has 0 aliphatic carbocycles. The van der Waals surface area contributed by atoms with Gasteiger partial charge in [-0.1, -0.05) is 42.5 Å². The van der Waals surface area contributed by atoms with Gasteiger partial charge in [0, 0.05) is 44.8 Å². The lowest BCUT2D eigenvalue weighted by Gasteiger charge is -2.35. The van der Waals surface area contributed by atoms with Crippen LogP contribution in [0.25, 0.3) is 11.1 Å². The minimum atomic E-state index is -0.00595. The Morgan fingerprint density at radius 1 is 1.14 bits per heavy atom. The van der Waals surface area contributed by atoms with Gasteiger partial charge in [-0.15, -0.1) is 12.4 Å². The fraction of sp³-hybridized carbons (Fsp3) is 0.273. The van der Waals surface area contributed by atoms with E-state index < -0.39 is 0 Å². The van der Waals surface area contributed by atoms with Crippen molar-refractivity contribution in [2.24, 2.45) is 7.05 Å². The van der Waals surface area contributed by atoms with Crippen molar-refractivity contribution < 1.29 is 4.79 Å². The van der Waals surface area contributed by atoms with Crippen LogP contribution in [0.3, 0.4) is 0 Å². The standard InChI is InChI=1S/C22H25N5O.ClH/c1-26-13-12-24-22(26)20-15-23-11-14-27(20)16-21(28)25-19-9-7-18(8-10-19)17-5-3-2-4-6-17;/h2-10,12-13,20,23H,11,14-16H2,1H3,(H,25,28);1H. The predicted octanol–water partition coefficient (Wildman–Crippen LogP) is 3.09. The number of nitrogens with one attached hydrogen (secondary N) is 2. The summed E-state index contributed by atoms with van der Waals surface area (Å²) in [4.78, 5) is 19.3. The van der Waals surface area contributed by atoms with Gasteiger partial charge in [0.15, 0.2) is 0 Å². The molecule has 0 bridgehead atoms. The average molecular weight is 412 g/mol. The summed E-state index contributed by atoms with van der Waals surface area (Å²) in [6, 6.07) is 18.3. The molecule has 2 aromatic carbocycles. The SMILES string of the molecule is Cl.Cn1ccnc1C1CNCCN1CC(=O)Nc1ccc(-c2ccccc2)cc1. The highest BCUT2D eigenvalue weighted by Gasteiger charge is 2.28. The highest BCUT2D eigenvalue weighted by molar-refractivity contribution is 5.92. The van der Waals surface area contributed by atoms with Gasteiger partial charge in [-0.25, -0.2) is 4.98 Å². The minimum absolute atomic E-state index is 0. The number of carbonyl (C=O) groups is 1. The summed E-state index contributed by atoms with van der Waals surface area (Å²) in [7, 11) is 1.99. The van der Waals surface area contributed by atoms with Crippen LogP contribution in [-0.2, 0) is 11.8 Å². The molecule has 3 aromatic rings. The molecular formula is C22H26ClN5O. The zero-order valence-corrected chi connectivity index (χ0v) is 17.2. The largest absolute Gasteiger partial charge is 0.337 e. The normalized spacial score (nSPS) is 16.8. The van der Waals surface area contributed by atoms with Gasteiger partial charge >= 0.3 is 0 Å². The number of rotatable bonds is 5. The van der Waals surface area contributed by atoms with Crippen molar-refractivity contribution >= 4 is 24.0 Å². The predicted molar refractivity (Wildman–Crippen MR) is 118 cm³/mol. The third kappa shape index (κ3) is 5.03. The summed E-state index contributed by atoms with van der Waals surface area (Å²) in [6.07, 6.45) is 3.74. The molecule has 4 rings (SSSR count). The third-order valence-electron chi connectivity index (χ3n) is 5.13. The smallest absolute Gasteiger partial charge is 0.238 e. The quantitative estimate of drug-likeness (QED) is 0.677. The summed E-state index contributed by atoms with van der Waals surface area (Å²) in [5, 5.41) is 6.42. The molecule has 2 heterocycles. The number of amides is 1. The summed E-state index contributed by atoms with van der Waals surface area (Å²) < 4.78 is 2.02. The van der Waals surface area contributed by atoms with Crippen LogP contribution in [0.4, 0.5) is 5.69 Å². The summed E-state index contributed by atoms with van der Waals surface area (Å²) in [5.74, 6) is 0.973. The van der Waals surface area contributed by atoms with Crippen LogP contribution in [0, 0.1) is 0 Å². The molecule has 29 heavy (non-hydrogen) atoms. The third-order valence-corrected chi connectivity index (χ3v) is 5.13. The number of benzene rings is 2. The molecule has 1 saturated heterocycles. The number of imidazole rings is 1. The number of halogens is 1. The number of aryl methyl sites for hydroxylation is 1. The summed E-state index contributed by atoms with van der Waals surface area (Å²) in [5.41, 5.74) is 3.11. The molecule has 152 valence electrons. The Morgan fingerprint density at radius 2 is 1.86 bits per heavy atom. The zero-order chi connectivity index (χ0) is 19.3. The number of piperazine rings is 1. The van der Waals surface area contributed by atoms with Gasteiger partial charge in [-0.3, -0.25) is 9.69 Å². The van der Waals surface area contributed by atoms with E-state index in [9.17, 15) is 4.79 Å². The molecule has 1 aromatic heterocycles. The molecule has 0 radical (unpaired) electrons. The number of aromatic nitrogens is 2. The van der Waals surface area contributed by atoms with Gasteiger partial charge in [0.1, 0.15) is 5.82 Å². The van der Waals surface area contributed by atoms with Crippen LogP contribution in [0.2, 0.25) is 0 Å². The second-order valence-electron chi connectivity index (χ2n) is 7.08. The van der Waals surface area contributed by atoms with Crippen LogP contribution < -0.4 is 10.6 Å². The first-order chi connectivity index (χ1) is 13.7. The Labute approximate surface area is 177 Å². The van der Waals surface area contributed by atoms with Gasteiger partial charge in [-0.05, 0) is 23.3 Å². The van der Waals surface area contributed by atoms with E-state index in [0.717, 1.165) is 36.7 Å². The first-order valence-electron chi connectivity index (χ1n) is 9.58. The molecule has 0 saturated carbocycles. The van der Waals surface area contributed by atoms with Gasteiger partial charge in [-0.2, -0.15) is 0 Å². The van der Waals surface area contributed by atoms with Crippen molar-refractivity contribution in [2.75, 3.05) is 31.5 Å². The Kier molecular flexibility index (Phi) is 7.04. The topological polar surface area (TPSA) is 62.2 Å². The maximum absolute atomic E-state index is 12.6. The molecule has 1 atom stereocenters. The highest BCUT2D eigenvalue weighted by atomic mass is 35.5. The molecule has 6 nitrogen and oxygen atoms in total. The molecule has 1 amide bonds. The minimum Gasteiger partial charge on any atom is -0.337 e. The molecule has 1 fully saturated rings. The highest BCUT2D eigenvalue weighted by Crippen LogP contribution is 2.22. The van der Waals surface area contributed by atoms with Gasteiger partial charge in [0.2, 0.25) is 5.91 Å². The Morgan fingerprint density at radius 3 is 2.55 bits per heavy atom. The summed E-state index contributed by atoms with van der Waals surface area (Å²) >= 11 is 0. The first kappa shape index (κ1) is 21.0. The van der Waals surface area contributed by atoms with Crippen LogP contribution in [0.5, 0.6) is 0 Å². The fourth-order valence-corrected chi connectivity index (χ4v) is 3.65. The lowest BCUT2D eigenvalue weighted by atomic mass is 10.1. The Bertz CT molecular complexity index is 926. The summed E-state index contributed by atoms with van der Waals surface area (Å²) in [6.45, 7) is 2.83. The molecule has 7 heteroatoms. The van der Waals surface area contributed by atoms with E-state index in [2.05, 4.69) is 32.7 Å². The van der Waals surface area contributed by atoms with Crippen molar-refractivity contribution in [3.63, 3.8) is 0 Å². The average Bonchev–Trinajstić information content (AvgIpc) is 3.15. The van der Waals surface area contributed by atoms with Crippen LogP contribution in [-0.4, -0.2) is 46.5 Å². The lowest BCUT2D eigenvalue weighted by Crippen LogP contribution is -2.49. The number of carbonyl (C=O) groups excluding carboxylic acids is 1. The Balaban J connectivity index is 0.00000240. The maximum atomic E-state index is 12.6. The molecular weight excluding hydrogens is 386 g/mol. The molecule has 1 aliphatic rings. The lowest BCUT2D eigenvalue weighted by molar-refractivity contribution is -0.118. The first-order valence-corrected chi connectivity index (χ1v) is 9.58. The second-order valence-corrected chi connectivity index (χ2v) is 7.08. The number of hydrogen-bond acceptors (Lipinski definition) is 4. The monoisotopic (exact) mass is 411 g/mol. The van der Waals surface area contributed by atoms with Crippen molar-refractivity contribution in [1.82, 2.24) is 19.8 Å². The van der Waals surface area contributed by atoms with Crippen molar-refractivity contribution in [2.45, 2.75) is 6.04 Å². The van der Waals surface area contributed by atoms with E-state index in [4.69, 9.17) is 0 Å². The van der Waals surface area contributed by atoms with E-state index in [1.807, 2.05) is 60.3 Å². The van der Waals surface area contributed by atoms with Crippen LogP contribution >= 0.6 is 12.4 Å². The molecule has 2 N–H and O–H groups in total. The van der Waals surface area contributed by atoms with E-state index >= 15 is 0 Å². The van der Waals surface area contributed by atoms with E-state index in [1.54, 1.807) is 6.20 Å². The van der Waals surface area contributed by atoms with Crippen molar-refractivity contribution in [3.05, 3.63) is 72.8 Å². The maximum Gasteiger partial charge on any atom is 0.238 e. The van der Waals surface area contributed by atoms with Crippen LogP contribution in [0.1, 0.15) is 11.9 Å². The second kappa shape index (κ2) is 9.69. The van der Waals surface area contributed by atoms with Crippen molar-refractivity contribution in [3.8, 4) is 11.1 Å². The number of hydrogen-bond donors (Lipinski definition) is 2. The van der Waals surface area contributed by atoms with Crippen LogP contribution in [0.15, 0.2) is 67.0 Å². The fourth-order valence-electron chi connectivity index (χ4n) is 3.65. The number of anilines is 1. The van der Waals surface area contributed by atoms with E-state index in [0.29, 0.717) is 6.54 Å². The molecule has 1 aliphatic heterocycles. The zero-order valence-electron chi connectivity index (χ0n) is 16.4. The van der Waals surface area contributed by atoms with Gasteiger partial charge in [0.05, 0.1) is 12.6 Å². The molecule has 1 unspecified atom stereocenters. The van der Waals surface area contributed by atoms with Gasteiger partial charge < -0.3 is 15.2 Å². The van der Waals surface area contributed by atoms with Gasteiger partial charge in [0.25, 0.3) is 0 Å². The molecule has 0 spiro atoms. The van der Waals surface area contributed by atoms with E-state index in [-0.39, 0.29) is 24.4 Å².